The minimum absolute atomic E-state index is 0.200. The molecular formula is C12H20N2. The fourth-order valence-corrected chi connectivity index (χ4v) is 3.20. The van der Waals surface area contributed by atoms with Crippen LogP contribution in [0.1, 0.15) is 39.5 Å². The molecule has 2 saturated heterocycles. The van der Waals surface area contributed by atoms with Crippen molar-refractivity contribution in [2.24, 2.45) is 11.8 Å². The molecule has 0 radical (unpaired) electrons. The average Bonchev–Trinajstić information content (AvgIpc) is 2.41. The summed E-state index contributed by atoms with van der Waals surface area (Å²) in [5, 5.41) is 8.83. The maximum absolute atomic E-state index is 8.83. The highest BCUT2D eigenvalue weighted by atomic mass is 15.2. The standard InChI is InChI=1S/C12H20N2/c1-9-5-11-3-4-12(6-9)14(11)8-10(2)7-13/h9-12H,3-6,8H2,1-2H3. The summed E-state index contributed by atoms with van der Waals surface area (Å²) in [5.41, 5.74) is 0. The number of hydrogen-bond acceptors (Lipinski definition) is 2. The Hall–Kier alpha value is -0.550. The van der Waals surface area contributed by atoms with Crippen molar-refractivity contribution in [1.29, 1.82) is 5.26 Å². The summed E-state index contributed by atoms with van der Waals surface area (Å²) in [6.07, 6.45) is 5.45. The second-order valence-electron chi connectivity index (χ2n) is 5.19. The smallest absolute Gasteiger partial charge is 0.0666 e. The van der Waals surface area contributed by atoms with E-state index in [0.717, 1.165) is 24.5 Å². The molecule has 2 fully saturated rings. The highest BCUT2D eigenvalue weighted by molar-refractivity contribution is 4.96. The summed E-state index contributed by atoms with van der Waals surface area (Å²) in [7, 11) is 0. The predicted octanol–water partition coefficient (Wildman–Crippen LogP) is 2.41. The molecule has 78 valence electrons. The molecule has 0 amide bonds. The minimum Gasteiger partial charge on any atom is -0.296 e. The van der Waals surface area contributed by atoms with Gasteiger partial charge in [-0.1, -0.05) is 6.92 Å². The minimum atomic E-state index is 0.200. The van der Waals surface area contributed by atoms with Crippen LogP contribution in [0.3, 0.4) is 0 Å². The fourth-order valence-electron chi connectivity index (χ4n) is 3.20. The van der Waals surface area contributed by atoms with E-state index < -0.39 is 0 Å². The van der Waals surface area contributed by atoms with E-state index in [0.29, 0.717) is 0 Å². The zero-order chi connectivity index (χ0) is 10.1. The Labute approximate surface area is 86.9 Å². The molecule has 0 aliphatic carbocycles. The van der Waals surface area contributed by atoms with Crippen LogP contribution in [0.15, 0.2) is 0 Å². The van der Waals surface area contributed by atoms with Gasteiger partial charge in [-0.3, -0.25) is 4.90 Å². The van der Waals surface area contributed by atoms with E-state index in [1.807, 2.05) is 6.92 Å². The molecule has 2 aliphatic rings. The Balaban J connectivity index is 1.98. The van der Waals surface area contributed by atoms with Gasteiger partial charge in [0, 0.05) is 18.6 Å². The molecule has 3 atom stereocenters. The Morgan fingerprint density at radius 3 is 2.43 bits per heavy atom. The molecule has 2 aliphatic heterocycles. The molecule has 0 saturated carbocycles. The average molecular weight is 192 g/mol. The Morgan fingerprint density at radius 2 is 1.93 bits per heavy atom. The topological polar surface area (TPSA) is 27.0 Å². The number of nitriles is 1. The molecule has 14 heavy (non-hydrogen) atoms. The highest BCUT2D eigenvalue weighted by Gasteiger charge is 2.39. The van der Waals surface area contributed by atoms with Gasteiger partial charge in [0.1, 0.15) is 0 Å². The maximum atomic E-state index is 8.83. The van der Waals surface area contributed by atoms with Gasteiger partial charge in [0.2, 0.25) is 0 Å². The third-order valence-corrected chi connectivity index (χ3v) is 3.83. The van der Waals surface area contributed by atoms with Crippen LogP contribution >= 0.6 is 0 Å². The van der Waals surface area contributed by atoms with Crippen LogP contribution in [0.4, 0.5) is 0 Å². The van der Waals surface area contributed by atoms with Crippen LogP contribution in [-0.2, 0) is 0 Å². The Morgan fingerprint density at radius 1 is 1.36 bits per heavy atom. The lowest BCUT2D eigenvalue weighted by Gasteiger charge is -2.38. The first-order chi connectivity index (χ1) is 6.70. The predicted molar refractivity (Wildman–Crippen MR) is 56.7 cm³/mol. The first kappa shape index (κ1) is 9.98. The molecule has 0 aromatic carbocycles. The van der Waals surface area contributed by atoms with E-state index in [9.17, 15) is 0 Å². The third kappa shape index (κ3) is 1.79. The number of fused-ring (bicyclic) bond motifs is 2. The van der Waals surface area contributed by atoms with Crippen LogP contribution in [0.5, 0.6) is 0 Å². The second kappa shape index (κ2) is 3.90. The van der Waals surface area contributed by atoms with E-state index in [1.165, 1.54) is 25.7 Å². The van der Waals surface area contributed by atoms with E-state index in [4.69, 9.17) is 5.26 Å². The van der Waals surface area contributed by atoms with Gasteiger partial charge in [-0.15, -0.1) is 0 Å². The normalized spacial score (nSPS) is 39.4. The summed E-state index contributed by atoms with van der Waals surface area (Å²) < 4.78 is 0. The van der Waals surface area contributed by atoms with Gasteiger partial charge in [0.05, 0.1) is 12.0 Å². The molecule has 2 rings (SSSR count). The van der Waals surface area contributed by atoms with Crippen molar-refractivity contribution in [2.75, 3.05) is 6.54 Å². The van der Waals surface area contributed by atoms with Crippen LogP contribution in [-0.4, -0.2) is 23.5 Å². The molecule has 2 bridgehead atoms. The zero-order valence-corrected chi connectivity index (χ0v) is 9.24. The lowest BCUT2D eigenvalue weighted by Crippen LogP contribution is -2.44. The summed E-state index contributed by atoms with van der Waals surface area (Å²) in [4.78, 5) is 2.61. The third-order valence-electron chi connectivity index (χ3n) is 3.83. The summed E-state index contributed by atoms with van der Waals surface area (Å²) in [6, 6.07) is 3.93. The van der Waals surface area contributed by atoms with Crippen molar-refractivity contribution < 1.29 is 0 Å². The second-order valence-corrected chi connectivity index (χ2v) is 5.19. The molecule has 2 heterocycles. The number of piperidine rings is 1. The van der Waals surface area contributed by atoms with Crippen molar-refractivity contribution >= 4 is 0 Å². The molecule has 0 aromatic heterocycles. The first-order valence-electron chi connectivity index (χ1n) is 5.86. The quantitative estimate of drug-likeness (QED) is 0.672. The SMILES string of the molecule is CC(C#N)CN1C2CCC1CC(C)C2. The molecule has 3 unspecified atom stereocenters. The number of hydrogen-bond donors (Lipinski definition) is 0. The lowest BCUT2D eigenvalue weighted by molar-refractivity contribution is 0.102. The van der Waals surface area contributed by atoms with E-state index >= 15 is 0 Å². The van der Waals surface area contributed by atoms with Gasteiger partial charge in [-0.25, -0.2) is 0 Å². The van der Waals surface area contributed by atoms with Gasteiger partial charge < -0.3 is 0 Å². The van der Waals surface area contributed by atoms with E-state index in [1.54, 1.807) is 0 Å². The molecule has 0 spiro atoms. The molecule has 2 heteroatoms. The summed E-state index contributed by atoms with van der Waals surface area (Å²) in [5.74, 6) is 1.10. The Kier molecular flexibility index (Phi) is 2.78. The lowest BCUT2D eigenvalue weighted by atomic mass is 9.92. The summed E-state index contributed by atoms with van der Waals surface area (Å²) in [6.45, 7) is 5.41. The Bertz CT molecular complexity index is 229. The zero-order valence-electron chi connectivity index (χ0n) is 9.24. The summed E-state index contributed by atoms with van der Waals surface area (Å²) >= 11 is 0. The molecule has 0 aromatic rings. The maximum Gasteiger partial charge on any atom is 0.0666 e. The van der Waals surface area contributed by atoms with Crippen molar-refractivity contribution in [3.8, 4) is 6.07 Å². The van der Waals surface area contributed by atoms with Crippen LogP contribution in [0.25, 0.3) is 0 Å². The fraction of sp³-hybridized carbons (Fsp3) is 0.917. The molecule has 2 nitrogen and oxygen atoms in total. The molecular weight excluding hydrogens is 172 g/mol. The van der Waals surface area contributed by atoms with E-state index in [-0.39, 0.29) is 5.92 Å². The first-order valence-corrected chi connectivity index (χ1v) is 5.86. The van der Waals surface area contributed by atoms with Crippen LogP contribution < -0.4 is 0 Å². The monoisotopic (exact) mass is 192 g/mol. The number of rotatable bonds is 2. The molecule has 0 N–H and O–H groups in total. The number of nitrogens with zero attached hydrogens (tertiary/aromatic N) is 2. The van der Waals surface area contributed by atoms with Crippen molar-refractivity contribution in [3.05, 3.63) is 0 Å². The van der Waals surface area contributed by atoms with Gasteiger partial charge in [0.15, 0.2) is 0 Å². The van der Waals surface area contributed by atoms with Crippen molar-refractivity contribution in [3.63, 3.8) is 0 Å². The van der Waals surface area contributed by atoms with Crippen molar-refractivity contribution in [2.45, 2.75) is 51.6 Å². The van der Waals surface area contributed by atoms with Crippen molar-refractivity contribution in [1.82, 2.24) is 4.90 Å². The largest absolute Gasteiger partial charge is 0.296 e. The van der Waals surface area contributed by atoms with Gasteiger partial charge >= 0.3 is 0 Å². The van der Waals surface area contributed by atoms with Gasteiger partial charge in [-0.2, -0.15) is 5.26 Å². The van der Waals surface area contributed by atoms with Crippen LogP contribution in [0, 0.1) is 23.2 Å². The highest BCUT2D eigenvalue weighted by Crippen LogP contribution is 2.38. The van der Waals surface area contributed by atoms with Gasteiger partial charge in [-0.05, 0) is 38.5 Å². The van der Waals surface area contributed by atoms with Gasteiger partial charge in [0.25, 0.3) is 0 Å². The van der Waals surface area contributed by atoms with E-state index in [2.05, 4.69) is 17.9 Å². The van der Waals surface area contributed by atoms with Crippen LogP contribution in [0.2, 0.25) is 0 Å².